The van der Waals surface area contributed by atoms with Gasteiger partial charge in [0.15, 0.2) is 0 Å². The third-order valence-electron chi connectivity index (χ3n) is 4.59. The van der Waals surface area contributed by atoms with Crippen molar-refractivity contribution in [2.75, 3.05) is 26.2 Å². The lowest BCUT2D eigenvalue weighted by Gasteiger charge is -2.33. The summed E-state index contributed by atoms with van der Waals surface area (Å²) < 4.78 is 26.0. The van der Waals surface area contributed by atoms with E-state index in [1.54, 1.807) is 9.21 Å². The largest absolute Gasteiger partial charge is 0.351 e. The highest BCUT2D eigenvalue weighted by Crippen LogP contribution is 2.31. The molecule has 0 unspecified atom stereocenters. The van der Waals surface area contributed by atoms with Crippen molar-refractivity contribution in [2.45, 2.75) is 18.1 Å². The number of hydrogen-bond donors (Lipinski definition) is 1. The Hall–Kier alpha value is -1.86. The van der Waals surface area contributed by atoms with E-state index < -0.39 is 10.0 Å². The molecule has 0 radical (unpaired) electrons. The average molecular weight is 333 g/mol. The number of carbonyl (C=O) groups is 1. The van der Waals surface area contributed by atoms with Gasteiger partial charge in [-0.3, -0.25) is 4.79 Å². The standard InChI is InChI=1S/C16H19N3O3S/c20-16(15-11-12-3-1-2-4-14(12)17-15)18-7-9-19(10-8-18)23(21,22)13-5-6-13/h1-4,11,13,17H,5-10H2. The van der Waals surface area contributed by atoms with Crippen molar-refractivity contribution in [1.29, 1.82) is 0 Å². The zero-order valence-corrected chi connectivity index (χ0v) is 13.6. The minimum Gasteiger partial charge on any atom is -0.351 e. The van der Waals surface area contributed by atoms with Gasteiger partial charge < -0.3 is 9.88 Å². The molecule has 1 N–H and O–H groups in total. The highest BCUT2D eigenvalue weighted by atomic mass is 32.2. The van der Waals surface area contributed by atoms with Gasteiger partial charge in [0, 0.05) is 37.1 Å². The summed E-state index contributed by atoms with van der Waals surface area (Å²) in [6.07, 6.45) is 1.55. The maximum absolute atomic E-state index is 12.6. The summed E-state index contributed by atoms with van der Waals surface area (Å²) in [6, 6.07) is 9.61. The van der Waals surface area contributed by atoms with Crippen LogP contribution in [0, 0.1) is 0 Å². The summed E-state index contributed by atoms with van der Waals surface area (Å²) in [5, 5.41) is 0.823. The fourth-order valence-electron chi connectivity index (χ4n) is 3.08. The monoisotopic (exact) mass is 333 g/mol. The fraction of sp³-hybridized carbons (Fsp3) is 0.438. The lowest BCUT2D eigenvalue weighted by atomic mass is 10.2. The molecular weight excluding hydrogens is 314 g/mol. The third kappa shape index (κ3) is 2.64. The Morgan fingerprint density at radius 1 is 1.09 bits per heavy atom. The first-order valence-electron chi connectivity index (χ1n) is 7.92. The van der Waals surface area contributed by atoms with Crippen molar-refractivity contribution in [3.8, 4) is 0 Å². The smallest absolute Gasteiger partial charge is 0.270 e. The van der Waals surface area contributed by atoms with Gasteiger partial charge in [-0.2, -0.15) is 4.31 Å². The van der Waals surface area contributed by atoms with Crippen LogP contribution in [0.15, 0.2) is 30.3 Å². The number of nitrogens with one attached hydrogen (secondary N) is 1. The summed E-state index contributed by atoms with van der Waals surface area (Å²) in [6.45, 7) is 1.68. The summed E-state index contributed by atoms with van der Waals surface area (Å²) in [7, 11) is -3.14. The van der Waals surface area contributed by atoms with Gasteiger partial charge in [-0.25, -0.2) is 8.42 Å². The first-order chi connectivity index (χ1) is 11.1. The molecule has 1 aromatic heterocycles. The molecule has 0 bridgehead atoms. The van der Waals surface area contributed by atoms with Crippen LogP contribution >= 0.6 is 0 Å². The van der Waals surface area contributed by atoms with Gasteiger partial charge in [-0.1, -0.05) is 18.2 Å². The minimum atomic E-state index is -3.14. The molecule has 2 aromatic rings. The first-order valence-corrected chi connectivity index (χ1v) is 9.42. The van der Waals surface area contributed by atoms with E-state index in [1.807, 2.05) is 30.3 Å². The lowest BCUT2D eigenvalue weighted by molar-refractivity contribution is 0.0693. The van der Waals surface area contributed by atoms with Crippen molar-refractivity contribution in [3.63, 3.8) is 0 Å². The van der Waals surface area contributed by atoms with E-state index in [0.29, 0.717) is 31.9 Å². The maximum atomic E-state index is 12.6. The fourth-order valence-corrected chi connectivity index (χ4v) is 4.91. The van der Waals surface area contributed by atoms with Gasteiger partial charge in [-0.05, 0) is 25.0 Å². The molecule has 2 fully saturated rings. The topological polar surface area (TPSA) is 73.5 Å². The van der Waals surface area contributed by atoms with Crippen LogP contribution in [-0.2, 0) is 10.0 Å². The Bertz CT molecular complexity index is 813. The predicted molar refractivity (Wildman–Crippen MR) is 87.7 cm³/mol. The van der Waals surface area contributed by atoms with E-state index in [4.69, 9.17) is 0 Å². The zero-order chi connectivity index (χ0) is 16.0. The average Bonchev–Trinajstić information content (AvgIpc) is 3.34. The summed E-state index contributed by atoms with van der Waals surface area (Å²) in [5.41, 5.74) is 1.50. The number of amides is 1. The van der Waals surface area contributed by atoms with E-state index in [1.165, 1.54) is 0 Å². The number of aromatic nitrogens is 1. The molecule has 1 saturated carbocycles. The van der Waals surface area contributed by atoms with Crippen molar-refractivity contribution in [2.24, 2.45) is 0 Å². The number of aromatic amines is 1. The number of para-hydroxylation sites is 1. The van der Waals surface area contributed by atoms with Crippen molar-refractivity contribution < 1.29 is 13.2 Å². The summed E-state index contributed by atoms with van der Waals surface area (Å²) >= 11 is 0. The van der Waals surface area contributed by atoms with Crippen molar-refractivity contribution in [3.05, 3.63) is 36.0 Å². The molecular formula is C16H19N3O3S. The molecule has 0 atom stereocenters. The molecule has 1 amide bonds. The van der Waals surface area contributed by atoms with E-state index in [9.17, 15) is 13.2 Å². The van der Waals surface area contributed by atoms with Gasteiger partial charge in [0.2, 0.25) is 10.0 Å². The van der Waals surface area contributed by atoms with E-state index >= 15 is 0 Å². The predicted octanol–water partition coefficient (Wildman–Crippen LogP) is 1.42. The molecule has 1 aliphatic carbocycles. The van der Waals surface area contributed by atoms with E-state index in [-0.39, 0.29) is 11.2 Å². The normalized spacial score (nSPS) is 20.1. The molecule has 122 valence electrons. The van der Waals surface area contributed by atoms with Crippen LogP contribution in [0.25, 0.3) is 10.9 Å². The van der Waals surface area contributed by atoms with Crippen LogP contribution in [0.3, 0.4) is 0 Å². The zero-order valence-electron chi connectivity index (χ0n) is 12.7. The molecule has 1 aliphatic heterocycles. The number of sulfonamides is 1. The number of nitrogens with zero attached hydrogens (tertiary/aromatic N) is 2. The SMILES string of the molecule is O=C(c1cc2ccccc2[nH]1)N1CCN(S(=O)(=O)C2CC2)CC1. The molecule has 7 heteroatoms. The molecule has 23 heavy (non-hydrogen) atoms. The van der Waals surface area contributed by atoms with Gasteiger partial charge in [-0.15, -0.1) is 0 Å². The van der Waals surface area contributed by atoms with Gasteiger partial charge in [0.1, 0.15) is 5.69 Å². The summed E-state index contributed by atoms with van der Waals surface area (Å²) in [4.78, 5) is 17.5. The van der Waals surface area contributed by atoms with Crippen molar-refractivity contribution >= 4 is 26.8 Å². The molecule has 2 aliphatic rings. The molecule has 6 nitrogen and oxygen atoms in total. The number of benzene rings is 1. The third-order valence-corrected chi connectivity index (χ3v) is 6.99. The highest BCUT2D eigenvalue weighted by molar-refractivity contribution is 7.90. The van der Waals surface area contributed by atoms with Crippen LogP contribution in [0.1, 0.15) is 23.3 Å². The van der Waals surface area contributed by atoms with E-state index in [2.05, 4.69) is 4.98 Å². The molecule has 1 saturated heterocycles. The van der Waals surface area contributed by atoms with Crippen LogP contribution in [0.4, 0.5) is 0 Å². The maximum Gasteiger partial charge on any atom is 0.270 e. The second-order valence-corrected chi connectivity index (χ2v) is 8.42. The number of rotatable bonds is 3. The second kappa shape index (κ2) is 5.35. The Kier molecular flexibility index (Phi) is 3.42. The quantitative estimate of drug-likeness (QED) is 0.923. The Labute approximate surface area is 135 Å². The molecule has 4 rings (SSSR count). The number of hydrogen-bond acceptors (Lipinski definition) is 3. The molecule has 2 heterocycles. The number of piperazine rings is 1. The van der Waals surface area contributed by atoms with Crippen LogP contribution in [0.5, 0.6) is 0 Å². The van der Waals surface area contributed by atoms with Crippen LogP contribution in [0.2, 0.25) is 0 Å². The molecule has 0 spiro atoms. The van der Waals surface area contributed by atoms with Crippen molar-refractivity contribution in [1.82, 2.24) is 14.2 Å². The number of fused-ring (bicyclic) bond motifs is 1. The number of H-pyrrole nitrogens is 1. The Morgan fingerprint density at radius 2 is 1.78 bits per heavy atom. The minimum absolute atomic E-state index is 0.0651. The van der Waals surface area contributed by atoms with E-state index in [0.717, 1.165) is 23.7 Å². The van der Waals surface area contributed by atoms with Gasteiger partial charge in [0.05, 0.1) is 5.25 Å². The van der Waals surface area contributed by atoms with Crippen LogP contribution in [-0.4, -0.2) is 59.9 Å². The molecule has 1 aromatic carbocycles. The Balaban J connectivity index is 1.46. The Morgan fingerprint density at radius 3 is 2.43 bits per heavy atom. The summed E-state index contributed by atoms with van der Waals surface area (Å²) in [5.74, 6) is -0.0651. The first kappa shape index (κ1) is 14.7. The highest BCUT2D eigenvalue weighted by Gasteiger charge is 2.41. The van der Waals surface area contributed by atoms with Gasteiger partial charge in [0.25, 0.3) is 5.91 Å². The number of carbonyl (C=O) groups excluding carboxylic acids is 1. The lowest BCUT2D eigenvalue weighted by Crippen LogP contribution is -2.51. The second-order valence-electron chi connectivity index (χ2n) is 6.21. The van der Waals surface area contributed by atoms with Gasteiger partial charge >= 0.3 is 0 Å². The van der Waals surface area contributed by atoms with Crippen LogP contribution < -0.4 is 0 Å².